The van der Waals surface area contributed by atoms with Gasteiger partial charge in [0.1, 0.15) is 17.4 Å². The summed E-state index contributed by atoms with van der Waals surface area (Å²) in [6, 6.07) is 2.58. The monoisotopic (exact) mass is 282 g/mol. The van der Waals surface area contributed by atoms with Gasteiger partial charge >= 0.3 is 5.97 Å². The first-order chi connectivity index (χ1) is 9.36. The molecule has 0 unspecified atom stereocenters. The smallest absolute Gasteiger partial charge is 0.325 e. The lowest BCUT2D eigenvalue weighted by molar-refractivity contribution is -0.385. The Morgan fingerprint density at radius 3 is 2.65 bits per heavy atom. The lowest BCUT2D eigenvalue weighted by atomic mass is 10.1. The third-order valence-electron chi connectivity index (χ3n) is 2.44. The van der Waals surface area contributed by atoms with E-state index >= 15 is 0 Å². The Hall–Kier alpha value is -2.64. The van der Waals surface area contributed by atoms with Crippen LogP contribution in [0.25, 0.3) is 0 Å². The van der Waals surface area contributed by atoms with Gasteiger partial charge in [0.25, 0.3) is 11.6 Å². The molecule has 0 radical (unpaired) electrons. The number of nitrogens with one attached hydrogen (secondary N) is 1. The molecule has 0 saturated heterocycles. The molecule has 8 heteroatoms. The van der Waals surface area contributed by atoms with E-state index in [0.717, 1.165) is 6.07 Å². The van der Waals surface area contributed by atoms with Gasteiger partial charge in [-0.05, 0) is 26.0 Å². The van der Waals surface area contributed by atoms with Crippen molar-refractivity contribution in [3.05, 3.63) is 33.9 Å². The fraction of sp³-hybridized carbons (Fsp3) is 0.333. The van der Waals surface area contributed by atoms with Crippen molar-refractivity contribution < 1.29 is 24.4 Å². The molecular formula is C12H14N2O6. The minimum absolute atomic E-state index is 0.242. The number of nitro benzene ring substituents is 1. The zero-order valence-corrected chi connectivity index (χ0v) is 11.0. The van der Waals surface area contributed by atoms with Crippen LogP contribution >= 0.6 is 0 Å². The number of hydrogen-bond donors (Lipinski definition) is 2. The zero-order chi connectivity index (χ0) is 15.3. The highest BCUT2D eigenvalue weighted by atomic mass is 16.6. The molecule has 1 amide bonds. The fourth-order valence-corrected chi connectivity index (χ4v) is 1.45. The number of carboxylic acid groups (broad SMARTS) is 1. The standard InChI is InChI=1S/C12H14N2O6/c1-3-20-8-4-5-10(14(18)19)9(6-8)11(15)13-7(2)12(16)17/h4-7H,3H2,1-2H3,(H,13,15)(H,16,17)/t7-/m0/s1. The SMILES string of the molecule is CCOc1ccc([N+](=O)[O-])c(C(=O)N[C@@H](C)C(=O)O)c1. The van der Waals surface area contributed by atoms with Crippen LogP contribution in [0.3, 0.4) is 0 Å². The maximum Gasteiger partial charge on any atom is 0.325 e. The molecule has 0 aliphatic carbocycles. The van der Waals surface area contributed by atoms with E-state index in [-0.39, 0.29) is 5.56 Å². The average molecular weight is 282 g/mol. The van der Waals surface area contributed by atoms with Crippen molar-refractivity contribution >= 4 is 17.6 Å². The van der Waals surface area contributed by atoms with Crippen molar-refractivity contribution in [2.75, 3.05) is 6.61 Å². The van der Waals surface area contributed by atoms with Gasteiger partial charge in [0.05, 0.1) is 11.5 Å². The molecule has 0 bridgehead atoms. The van der Waals surface area contributed by atoms with E-state index in [0.29, 0.717) is 12.4 Å². The highest BCUT2D eigenvalue weighted by Crippen LogP contribution is 2.24. The summed E-state index contributed by atoms with van der Waals surface area (Å²) in [7, 11) is 0. The van der Waals surface area contributed by atoms with E-state index in [1.807, 2.05) is 0 Å². The van der Waals surface area contributed by atoms with E-state index in [4.69, 9.17) is 9.84 Å². The van der Waals surface area contributed by atoms with Crippen molar-refractivity contribution in [2.45, 2.75) is 19.9 Å². The van der Waals surface area contributed by atoms with Gasteiger partial charge in [0.2, 0.25) is 0 Å². The molecule has 1 aromatic rings. The number of carbonyl (C=O) groups is 2. The molecule has 1 aromatic carbocycles. The fourth-order valence-electron chi connectivity index (χ4n) is 1.45. The predicted molar refractivity (Wildman–Crippen MR) is 68.8 cm³/mol. The minimum Gasteiger partial charge on any atom is -0.494 e. The van der Waals surface area contributed by atoms with Crippen molar-refractivity contribution in [1.82, 2.24) is 5.32 Å². The van der Waals surface area contributed by atoms with Crippen LogP contribution in [0.5, 0.6) is 5.75 Å². The molecule has 0 aliphatic heterocycles. The molecule has 0 aliphatic rings. The van der Waals surface area contributed by atoms with Crippen LogP contribution in [0, 0.1) is 10.1 Å². The number of amides is 1. The third kappa shape index (κ3) is 3.67. The third-order valence-corrected chi connectivity index (χ3v) is 2.44. The van der Waals surface area contributed by atoms with Crippen molar-refractivity contribution in [3.63, 3.8) is 0 Å². The molecule has 1 rings (SSSR count). The molecule has 2 N–H and O–H groups in total. The quantitative estimate of drug-likeness (QED) is 0.597. The summed E-state index contributed by atoms with van der Waals surface area (Å²) < 4.78 is 5.16. The Labute approximate surface area is 114 Å². The van der Waals surface area contributed by atoms with E-state index in [1.165, 1.54) is 19.1 Å². The van der Waals surface area contributed by atoms with Gasteiger partial charge in [-0.25, -0.2) is 0 Å². The molecule has 0 heterocycles. The second kappa shape index (κ2) is 6.50. The van der Waals surface area contributed by atoms with Crippen LogP contribution in [0.15, 0.2) is 18.2 Å². The molecular weight excluding hydrogens is 268 g/mol. The second-order valence-corrected chi connectivity index (χ2v) is 3.90. The van der Waals surface area contributed by atoms with Gasteiger partial charge in [-0.3, -0.25) is 19.7 Å². The Morgan fingerprint density at radius 2 is 2.15 bits per heavy atom. The van der Waals surface area contributed by atoms with Gasteiger partial charge in [-0.15, -0.1) is 0 Å². The molecule has 20 heavy (non-hydrogen) atoms. The van der Waals surface area contributed by atoms with Crippen molar-refractivity contribution in [3.8, 4) is 5.75 Å². The number of nitro groups is 1. The normalized spacial score (nSPS) is 11.5. The van der Waals surface area contributed by atoms with E-state index in [9.17, 15) is 19.7 Å². The van der Waals surface area contributed by atoms with Gasteiger partial charge in [-0.1, -0.05) is 0 Å². The number of rotatable bonds is 6. The van der Waals surface area contributed by atoms with Gasteiger partial charge < -0.3 is 15.2 Å². The predicted octanol–water partition coefficient (Wildman–Crippen LogP) is 1.20. The van der Waals surface area contributed by atoms with E-state index in [1.54, 1.807) is 6.92 Å². The topological polar surface area (TPSA) is 119 Å². The molecule has 0 aromatic heterocycles. The van der Waals surface area contributed by atoms with Crippen LogP contribution < -0.4 is 10.1 Å². The summed E-state index contributed by atoms with van der Waals surface area (Å²) in [5, 5.41) is 21.8. The molecule has 0 saturated carbocycles. The van der Waals surface area contributed by atoms with Crippen LogP contribution in [0.1, 0.15) is 24.2 Å². The summed E-state index contributed by atoms with van der Waals surface area (Å²) in [6.07, 6.45) is 0. The maximum atomic E-state index is 11.9. The second-order valence-electron chi connectivity index (χ2n) is 3.90. The summed E-state index contributed by atoms with van der Waals surface area (Å²) >= 11 is 0. The Kier molecular flexibility index (Phi) is 5.01. The zero-order valence-electron chi connectivity index (χ0n) is 11.0. The number of benzene rings is 1. The summed E-state index contributed by atoms with van der Waals surface area (Å²) in [4.78, 5) is 32.8. The largest absolute Gasteiger partial charge is 0.494 e. The van der Waals surface area contributed by atoms with Crippen LogP contribution in [0.4, 0.5) is 5.69 Å². The van der Waals surface area contributed by atoms with Gasteiger partial charge in [-0.2, -0.15) is 0 Å². The summed E-state index contributed by atoms with van der Waals surface area (Å²) in [5.41, 5.74) is -0.655. The highest BCUT2D eigenvalue weighted by Gasteiger charge is 2.23. The number of carboxylic acids is 1. The van der Waals surface area contributed by atoms with Crippen molar-refractivity contribution in [2.24, 2.45) is 0 Å². The molecule has 108 valence electrons. The number of ether oxygens (including phenoxy) is 1. The Bertz CT molecular complexity index is 543. The number of aliphatic carboxylic acids is 1. The highest BCUT2D eigenvalue weighted by molar-refractivity contribution is 6.00. The Morgan fingerprint density at radius 1 is 1.50 bits per heavy atom. The lowest BCUT2D eigenvalue weighted by Crippen LogP contribution is -2.38. The maximum absolute atomic E-state index is 11.9. The number of hydrogen-bond acceptors (Lipinski definition) is 5. The van der Waals surface area contributed by atoms with Gasteiger partial charge in [0, 0.05) is 6.07 Å². The summed E-state index contributed by atoms with van der Waals surface area (Å²) in [6.45, 7) is 3.33. The molecule has 0 spiro atoms. The van der Waals surface area contributed by atoms with Gasteiger partial charge in [0.15, 0.2) is 0 Å². The first-order valence-electron chi connectivity index (χ1n) is 5.81. The molecule has 1 atom stereocenters. The summed E-state index contributed by atoms with van der Waals surface area (Å²) in [5.74, 6) is -1.78. The van der Waals surface area contributed by atoms with Crippen LogP contribution in [0.2, 0.25) is 0 Å². The minimum atomic E-state index is -1.23. The first-order valence-corrected chi connectivity index (χ1v) is 5.81. The molecule has 8 nitrogen and oxygen atoms in total. The number of carbonyl (C=O) groups excluding carboxylic acids is 1. The average Bonchev–Trinajstić information content (AvgIpc) is 2.38. The number of nitrogens with zero attached hydrogens (tertiary/aromatic N) is 1. The first kappa shape index (κ1) is 15.4. The Balaban J connectivity index is 3.11. The van der Waals surface area contributed by atoms with E-state index < -0.39 is 28.5 Å². The lowest BCUT2D eigenvalue weighted by Gasteiger charge is -2.10. The van der Waals surface area contributed by atoms with E-state index in [2.05, 4.69) is 5.32 Å². The van der Waals surface area contributed by atoms with Crippen LogP contribution in [-0.4, -0.2) is 34.6 Å². The van der Waals surface area contributed by atoms with Crippen molar-refractivity contribution in [1.29, 1.82) is 0 Å². The molecule has 0 fully saturated rings. The van der Waals surface area contributed by atoms with Crippen LogP contribution in [-0.2, 0) is 4.79 Å².